The maximum Gasteiger partial charge on any atom is 0.224 e. The normalized spacial score (nSPS) is 15.3. The van der Waals surface area contributed by atoms with Gasteiger partial charge in [0.05, 0.1) is 0 Å². The van der Waals surface area contributed by atoms with Crippen LogP contribution in [-0.4, -0.2) is 12.5 Å². The van der Waals surface area contributed by atoms with Crippen LogP contribution in [-0.2, 0) is 11.3 Å². The van der Waals surface area contributed by atoms with Crippen LogP contribution in [0.4, 0.5) is 5.69 Å². The minimum Gasteiger partial charge on any atom is -0.326 e. The lowest BCUT2D eigenvalue weighted by Gasteiger charge is -2.21. The van der Waals surface area contributed by atoms with Crippen molar-refractivity contribution < 1.29 is 4.79 Å². The second-order valence-corrected chi connectivity index (χ2v) is 5.69. The summed E-state index contributed by atoms with van der Waals surface area (Å²) in [5.41, 5.74) is 2.11. The highest BCUT2D eigenvalue weighted by atomic mass is 35.5. The monoisotopic (exact) mass is 310 g/mol. The van der Waals surface area contributed by atoms with Gasteiger partial charge in [-0.3, -0.25) is 4.79 Å². The van der Waals surface area contributed by atoms with Crippen LogP contribution in [0.2, 0.25) is 0 Å². The summed E-state index contributed by atoms with van der Waals surface area (Å²) in [6, 6.07) is 8.06. The minimum atomic E-state index is 0. The summed E-state index contributed by atoms with van der Waals surface area (Å²) in [7, 11) is 0. The van der Waals surface area contributed by atoms with Gasteiger partial charge < -0.3 is 10.6 Å². The third-order valence-electron chi connectivity index (χ3n) is 4.06. The van der Waals surface area contributed by atoms with E-state index in [4.69, 9.17) is 0 Å². The van der Waals surface area contributed by atoms with Gasteiger partial charge in [0.15, 0.2) is 0 Å². The van der Waals surface area contributed by atoms with E-state index in [1.54, 1.807) is 0 Å². The average molecular weight is 311 g/mol. The van der Waals surface area contributed by atoms with Crippen LogP contribution in [0.15, 0.2) is 24.3 Å². The second-order valence-electron chi connectivity index (χ2n) is 5.69. The van der Waals surface area contributed by atoms with Gasteiger partial charge in [-0.25, -0.2) is 0 Å². The zero-order valence-electron chi connectivity index (χ0n) is 12.9. The molecule has 0 aromatic heterocycles. The average Bonchev–Trinajstić information content (AvgIpc) is 2.47. The predicted molar refractivity (Wildman–Crippen MR) is 90.9 cm³/mol. The first-order valence-electron chi connectivity index (χ1n) is 7.88. The number of halogens is 1. The Bertz CT molecular complexity index is 431. The molecule has 1 aromatic carbocycles. The maximum atomic E-state index is 12.2. The molecule has 0 heterocycles. The zero-order chi connectivity index (χ0) is 14.2. The quantitative estimate of drug-likeness (QED) is 0.829. The fourth-order valence-electron chi connectivity index (χ4n) is 2.91. The lowest BCUT2D eigenvalue weighted by Crippen LogP contribution is -2.20. The van der Waals surface area contributed by atoms with Crippen molar-refractivity contribution >= 4 is 24.0 Å². The van der Waals surface area contributed by atoms with Gasteiger partial charge in [-0.1, -0.05) is 44.4 Å². The molecule has 2 rings (SSSR count). The van der Waals surface area contributed by atoms with Crippen molar-refractivity contribution in [3.8, 4) is 0 Å². The largest absolute Gasteiger partial charge is 0.326 e. The van der Waals surface area contributed by atoms with E-state index in [9.17, 15) is 4.79 Å². The molecule has 1 aliphatic rings. The molecule has 0 saturated heterocycles. The molecule has 3 nitrogen and oxygen atoms in total. The summed E-state index contributed by atoms with van der Waals surface area (Å²) in [5, 5.41) is 6.40. The SMILES string of the molecule is CCNCc1ccccc1NC(=O)CC1CCCCC1.Cl. The fraction of sp³-hybridized carbons (Fsp3) is 0.588. The van der Waals surface area contributed by atoms with Crippen LogP contribution in [0.1, 0.15) is 51.0 Å². The number of amides is 1. The van der Waals surface area contributed by atoms with E-state index in [2.05, 4.69) is 23.6 Å². The summed E-state index contributed by atoms with van der Waals surface area (Å²) < 4.78 is 0. The van der Waals surface area contributed by atoms with Gasteiger partial charge in [-0.15, -0.1) is 12.4 Å². The molecule has 1 fully saturated rings. The molecular formula is C17H27ClN2O. The molecule has 1 aliphatic carbocycles. The van der Waals surface area contributed by atoms with Crippen LogP contribution in [0.3, 0.4) is 0 Å². The molecule has 4 heteroatoms. The van der Waals surface area contributed by atoms with Crippen molar-refractivity contribution in [1.29, 1.82) is 0 Å². The van der Waals surface area contributed by atoms with Crippen molar-refractivity contribution in [2.45, 2.75) is 52.0 Å². The Labute approximate surface area is 134 Å². The highest BCUT2D eigenvalue weighted by Gasteiger charge is 2.17. The number of nitrogens with one attached hydrogen (secondary N) is 2. The summed E-state index contributed by atoms with van der Waals surface area (Å²) in [6.45, 7) is 3.82. The van der Waals surface area contributed by atoms with E-state index < -0.39 is 0 Å². The molecule has 0 radical (unpaired) electrons. The van der Waals surface area contributed by atoms with Gasteiger partial charge in [0.1, 0.15) is 0 Å². The molecule has 0 spiro atoms. The summed E-state index contributed by atoms with van der Waals surface area (Å²) >= 11 is 0. The number of rotatable bonds is 6. The van der Waals surface area contributed by atoms with E-state index in [1.807, 2.05) is 18.2 Å². The summed E-state index contributed by atoms with van der Waals surface area (Å²) in [6.07, 6.45) is 7.02. The van der Waals surface area contributed by atoms with E-state index in [-0.39, 0.29) is 18.3 Å². The van der Waals surface area contributed by atoms with Crippen molar-refractivity contribution in [2.24, 2.45) is 5.92 Å². The molecule has 2 N–H and O–H groups in total. The molecule has 0 atom stereocenters. The third kappa shape index (κ3) is 6.06. The molecular weight excluding hydrogens is 284 g/mol. The number of anilines is 1. The number of carbonyl (C=O) groups excluding carboxylic acids is 1. The molecule has 0 unspecified atom stereocenters. The van der Waals surface area contributed by atoms with Gasteiger partial charge >= 0.3 is 0 Å². The number of para-hydroxylation sites is 1. The predicted octanol–water partition coefficient (Wildman–Crippen LogP) is 4.13. The first kappa shape index (κ1) is 18.0. The van der Waals surface area contributed by atoms with E-state index in [1.165, 1.54) is 32.1 Å². The van der Waals surface area contributed by atoms with Gasteiger partial charge in [0.25, 0.3) is 0 Å². The van der Waals surface area contributed by atoms with Crippen LogP contribution in [0, 0.1) is 5.92 Å². The zero-order valence-corrected chi connectivity index (χ0v) is 13.7. The fourth-order valence-corrected chi connectivity index (χ4v) is 2.91. The standard InChI is InChI=1S/C17H26N2O.ClH/c1-2-18-13-15-10-6-7-11-16(15)19-17(20)12-14-8-4-3-5-9-14;/h6-7,10-11,14,18H,2-5,8-9,12-13H2,1H3,(H,19,20);1H. The first-order valence-corrected chi connectivity index (χ1v) is 7.88. The van der Waals surface area contributed by atoms with Crippen molar-refractivity contribution in [3.05, 3.63) is 29.8 Å². The number of hydrogen-bond acceptors (Lipinski definition) is 2. The van der Waals surface area contributed by atoms with Crippen molar-refractivity contribution in [3.63, 3.8) is 0 Å². The Hall–Kier alpha value is -1.06. The van der Waals surface area contributed by atoms with E-state index >= 15 is 0 Å². The Morgan fingerprint density at radius 3 is 2.62 bits per heavy atom. The van der Waals surface area contributed by atoms with Crippen LogP contribution in [0.25, 0.3) is 0 Å². The van der Waals surface area contributed by atoms with Gasteiger partial charge in [-0.05, 0) is 36.9 Å². The van der Waals surface area contributed by atoms with Crippen molar-refractivity contribution in [1.82, 2.24) is 5.32 Å². The van der Waals surface area contributed by atoms with Gasteiger partial charge in [0.2, 0.25) is 5.91 Å². The summed E-state index contributed by atoms with van der Waals surface area (Å²) in [4.78, 5) is 12.2. The van der Waals surface area contributed by atoms with Gasteiger partial charge in [0, 0.05) is 18.7 Å². The lowest BCUT2D eigenvalue weighted by atomic mass is 9.87. The minimum absolute atomic E-state index is 0. The number of hydrogen-bond donors (Lipinski definition) is 2. The molecule has 0 aliphatic heterocycles. The topological polar surface area (TPSA) is 41.1 Å². The van der Waals surface area contributed by atoms with Crippen molar-refractivity contribution in [2.75, 3.05) is 11.9 Å². The summed E-state index contributed by atoms with van der Waals surface area (Å²) in [5.74, 6) is 0.755. The van der Waals surface area contributed by atoms with E-state index in [0.29, 0.717) is 12.3 Å². The molecule has 118 valence electrons. The highest BCUT2D eigenvalue weighted by Crippen LogP contribution is 2.26. The highest BCUT2D eigenvalue weighted by molar-refractivity contribution is 5.91. The van der Waals surface area contributed by atoms with Crippen LogP contribution >= 0.6 is 12.4 Å². The lowest BCUT2D eigenvalue weighted by molar-refractivity contribution is -0.117. The van der Waals surface area contributed by atoms with Crippen LogP contribution < -0.4 is 10.6 Å². The Kier molecular flexibility index (Phi) is 8.40. The molecule has 1 aromatic rings. The number of benzene rings is 1. The first-order chi connectivity index (χ1) is 9.79. The molecule has 1 amide bonds. The number of carbonyl (C=O) groups is 1. The molecule has 21 heavy (non-hydrogen) atoms. The Morgan fingerprint density at radius 1 is 1.19 bits per heavy atom. The molecule has 0 bridgehead atoms. The second kappa shape index (κ2) is 9.80. The van der Waals surface area contributed by atoms with E-state index in [0.717, 1.165) is 24.3 Å². The molecule has 1 saturated carbocycles. The van der Waals surface area contributed by atoms with Gasteiger partial charge in [-0.2, -0.15) is 0 Å². The third-order valence-corrected chi connectivity index (χ3v) is 4.06. The Morgan fingerprint density at radius 2 is 1.90 bits per heavy atom. The Balaban J connectivity index is 0.00000220. The van der Waals surface area contributed by atoms with Crippen LogP contribution in [0.5, 0.6) is 0 Å². The smallest absolute Gasteiger partial charge is 0.224 e. The maximum absolute atomic E-state index is 12.2.